The molecule has 3 rings (SSSR count). The first kappa shape index (κ1) is 19.2. The molecule has 0 radical (unpaired) electrons. The van der Waals surface area contributed by atoms with Gasteiger partial charge in [0.15, 0.2) is 0 Å². The number of fused-ring (bicyclic) bond motifs is 1. The second-order valence-electron chi connectivity index (χ2n) is 6.35. The first-order chi connectivity index (χ1) is 13.3. The minimum atomic E-state index is -0.891. The number of benzene rings is 2. The van der Waals surface area contributed by atoms with Crippen molar-refractivity contribution in [2.24, 2.45) is 0 Å². The zero-order valence-corrected chi connectivity index (χ0v) is 14.7. The van der Waals surface area contributed by atoms with Crippen molar-refractivity contribution in [1.82, 2.24) is 10.2 Å². The lowest BCUT2D eigenvalue weighted by molar-refractivity contribution is -0.122. The fourth-order valence-electron chi connectivity index (χ4n) is 2.97. The third kappa shape index (κ3) is 3.91. The maximum Gasteiger partial charge on any atom is 0.322 e. The largest absolute Gasteiger partial charge is 0.348 e. The first-order valence-corrected chi connectivity index (χ1v) is 8.31. The molecule has 1 heterocycles. The van der Waals surface area contributed by atoms with Crippen molar-refractivity contribution in [3.8, 4) is 6.07 Å². The van der Waals surface area contributed by atoms with Gasteiger partial charge in [-0.05, 0) is 25.1 Å². The van der Waals surface area contributed by atoms with Gasteiger partial charge in [-0.3, -0.25) is 4.79 Å². The number of nitrogens with zero attached hydrogens (tertiary/aromatic N) is 2. The summed E-state index contributed by atoms with van der Waals surface area (Å²) in [6.45, 7) is 1.02. The van der Waals surface area contributed by atoms with E-state index in [1.165, 1.54) is 12.1 Å². The number of rotatable bonds is 4. The molecule has 0 unspecified atom stereocenters. The number of nitrogens with one attached hydrogen (secondary N) is 2. The van der Waals surface area contributed by atoms with Crippen molar-refractivity contribution < 1.29 is 22.8 Å². The molecule has 0 saturated heterocycles. The fraction of sp³-hybridized carbons (Fsp3) is 0.211. The van der Waals surface area contributed by atoms with E-state index in [4.69, 9.17) is 5.26 Å². The van der Waals surface area contributed by atoms with Crippen molar-refractivity contribution in [1.29, 1.82) is 5.26 Å². The minimum Gasteiger partial charge on any atom is -0.348 e. The summed E-state index contributed by atoms with van der Waals surface area (Å²) in [7, 11) is 0. The molecular weight excluding hydrogens is 373 g/mol. The van der Waals surface area contributed by atoms with Gasteiger partial charge in [0, 0.05) is 17.2 Å². The molecule has 2 aromatic carbocycles. The molecule has 0 spiro atoms. The van der Waals surface area contributed by atoms with E-state index in [1.54, 1.807) is 6.92 Å². The zero-order chi connectivity index (χ0) is 20.4. The summed E-state index contributed by atoms with van der Waals surface area (Å²) in [6.07, 6.45) is 0. The van der Waals surface area contributed by atoms with Crippen LogP contribution in [0.25, 0.3) is 0 Å². The van der Waals surface area contributed by atoms with Crippen LogP contribution in [0.1, 0.15) is 29.7 Å². The van der Waals surface area contributed by atoms with Gasteiger partial charge in [-0.1, -0.05) is 6.07 Å². The Balaban J connectivity index is 1.68. The minimum absolute atomic E-state index is 0.115. The molecule has 1 atom stereocenters. The van der Waals surface area contributed by atoms with Gasteiger partial charge in [-0.2, -0.15) is 5.26 Å². The number of hydrogen-bond acceptors (Lipinski definition) is 3. The Kier molecular flexibility index (Phi) is 5.22. The average molecular weight is 388 g/mol. The van der Waals surface area contributed by atoms with E-state index in [9.17, 15) is 22.8 Å². The molecule has 28 heavy (non-hydrogen) atoms. The smallest absolute Gasteiger partial charge is 0.322 e. The summed E-state index contributed by atoms with van der Waals surface area (Å²) in [5.41, 5.74) is 0.431. The molecule has 0 aliphatic carbocycles. The zero-order valence-electron chi connectivity index (χ0n) is 14.7. The Labute approximate surface area is 158 Å². The molecule has 1 aliphatic rings. The monoisotopic (exact) mass is 388 g/mol. The molecule has 3 amide bonds. The Hall–Kier alpha value is -3.54. The molecule has 9 heteroatoms. The number of nitriles is 1. The van der Waals surface area contributed by atoms with E-state index < -0.39 is 35.4 Å². The topological polar surface area (TPSA) is 85.2 Å². The molecule has 0 bridgehead atoms. The van der Waals surface area contributed by atoms with Gasteiger partial charge in [0.2, 0.25) is 5.91 Å². The lowest BCUT2D eigenvalue weighted by Gasteiger charge is -2.29. The van der Waals surface area contributed by atoms with Gasteiger partial charge in [0.05, 0.1) is 29.9 Å². The number of amides is 3. The second kappa shape index (κ2) is 7.60. The molecule has 0 aromatic heterocycles. The highest BCUT2D eigenvalue weighted by atomic mass is 19.1. The molecular formula is C19H15F3N4O2. The van der Waals surface area contributed by atoms with Crippen LogP contribution in [0.4, 0.5) is 23.7 Å². The van der Waals surface area contributed by atoms with Gasteiger partial charge < -0.3 is 15.5 Å². The highest BCUT2D eigenvalue weighted by Gasteiger charge is 2.27. The number of hydrogen-bond donors (Lipinski definition) is 2. The summed E-state index contributed by atoms with van der Waals surface area (Å²) >= 11 is 0. The predicted octanol–water partition coefficient (Wildman–Crippen LogP) is 3.20. The van der Waals surface area contributed by atoms with Crippen molar-refractivity contribution in [2.45, 2.75) is 19.5 Å². The Bertz CT molecular complexity index is 1000. The third-order valence-electron chi connectivity index (χ3n) is 4.33. The third-order valence-corrected chi connectivity index (χ3v) is 4.33. The molecule has 2 N–H and O–H groups in total. The van der Waals surface area contributed by atoms with E-state index in [2.05, 4.69) is 10.6 Å². The van der Waals surface area contributed by atoms with Crippen LogP contribution in [0, 0.1) is 28.8 Å². The average Bonchev–Trinajstić information content (AvgIpc) is 2.62. The van der Waals surface area contributed by atoms with E-state index in [0.717, 1.165) is 17.0 Å². The number of anilines is 1. The number of urea groups is 1. The number of halogens is 3. The normalized spacial score (nSPS) is 14.0. The number of carbonyl (C=O) groups is 2. The van der Waals surface area contributed by atoms with Gasteiger partial charge >= 0.3 is 6.03 Å². The standard InChI is InChI=1S/C19H15F3N4O2/c1-10(14-3-2-11(7-23)4-15(14)21)24-17(27)9-26-8-12-5-13(20)6-16(22)18(12)25-19(26)28/h2-6,10H,8-9H2,1H3,(H,24,27)(H,25,28)/t10-/m0/s1. The summed E-state index contributed by atoms with van der Waals surface area (Å²) in [5.74, 6) is -2.90. The van der Waals surface area contributed by atoms with Gasteiger partial charge in [-0.15, -0.1) is 0 Å². The van der Waals surface area contributed by atoms with E-state index in [1.807, 2.05) is 6.07 Å². The fourth-order valence-corrected chi connectivity index (χ4v) is 2.97. The Morgan fingerprint density at radius 1 is 1.29 bits per heavy atom. The predicted molar refractivity (Wildman–Crippen MR) is 93.5 cm³/mol. The Morgan fingerprint density at radius 2 is 2.04 bits per heavy atom. The van der Waals surface area contributed by atoms with E-state index >= 15 is 0 Å². The van der Waals surface area contributed by atoms with Crippen LogP contribution in [0.2, 0.25) is 0 Å². The van der Waals surface area contributed by atoms with Crippen LogP contribution in [0.15, 0.2) is 30.3 Å². The van der Waals surface area contributed by atoms with Crippen LogP contribution in [-0.4, -0.2) is 23.4 Å². The Morgan fingerprint density at radius 3 is 2.71 bits per heavy atom. The summed E-state index contributed by atoms with van der Waals surface area (Å²) in [6, 6.07) is 6.04. The maximum atomic E-state index is 14.1. The van der Waals surface area contributed by atoms with Crippen molar-refractivity contribution >= 4 is 17.6 Å². The maximum absolute atomic E-state index is 14.1. The summed E-state index contributed by atoms with van der Waals surface area (Å²) in [5, 5.41) is 13.6. The molecule has 0 fully saturated rings. The lowest BCUT2D eigenvalue weighted by Crippen LogP contribution is -2.45. The summed E-state index contributed by atoms with van der Waals surface area (Å²) in [4.78, 5) is 25.4. The quantitative estimate of drug-likeness (QED) is 0.844. The second-order valence-corrected chi connectivity index (χ2v) is 6.35. The van der Waals surface area contributed by atoms with Gasteiger partial charge in [-0.25, -0.2) is 18.0 Å². The van der Waals surface area contributed by atoms with Crippen molar-refractivity contribution in [3.63, 3.8) is 0 Å². The first-order valence-electron chi connectivity index (χ1n) is 8.31. The van der Waals surface area contributed by atoms with Crippen LogP contribution in [-0.2, 0) is 11.3 Å². The highest BCUT2D eigenvalue weighted by molar-refractivity contribution is 5.95. The molecule has 2 aromatic rings. The van der Waals surface area contributed by atoms with Crippen molar-refractivity contribution in [2.75, 3.05) is 11.9 Å². The van der Waals surface area contributed by atoms with Crippen LogP contribution >= 0.6 is 0 Å². The van der Waals surface area contributed by atoms with Crippen LogP contribution in [0.3, 0.4) is 0 Å². The van der Waals surface area contributed by atoms with Gasteiger partial charge in [0.25, 0.3) is 0 Å². The summed E-state index contributed by atoms with van der Waals surface area (Å²) < 4.78 is 41.2. The van der Waals surface area contributed by atoms with Gasteiger partial charge in [0.1, 0.15) is 24.0 Å². The lowest BCUT2D eigenvalue weighted by atomic mass is 10.1. The SMILES string of the molecule is C[C@H](NC(=O)CN1Cc2cc(F)cc(F)c2NC1=O)c1ccc(C#N)cc1F. The van der Waals surface area contributed by atoms with Crippen molar-refractivity contribution in [3.05, 3.63) is 64.5 Å². The highest BCUT2D eigenvalue weighted by Crippen LogP contribution is 2.27. The van der Waals surface area contributed by atoms with E-state index in [0.29, 0.717) is 6.07 Å². The molecule has 1 aliphatic heterocycles. The molecule has 144 valence electrons. The van der Waals surface area contributed by atoms with Crippen LogP contribution in [0.5, 0.6) is 0 Å². The molecule has 0 saturated carbocycles. The number of carbonyl (C=O) groups excluding carboxylic acids is 2. The van der Waals surface area contributed by atoms with E-state index in [-0.39, 0.29) is 35.5 Å². The van der Waals surface area contributed by atoms with Crippen LogP contribution < -0.4 is 10.6 Å². The molecule has 6 nitrogen and oxygen atoms in total.